The van der Waals surface area contributed by atoms with Gasteiger partial charge in [-0.25, -0.2) is 0 Å². The molecular formula is C14H10N2O2S. The summed E-state index contributed by atoms with van der Waals surface area (Å²) in [4.78, 5) is 26.7. The van der Waals surface area contributed by atoms with E-state index in [-0.39, 0.29) is 11.5 Å². The maximum Gasteiger partial charge on any atom is 0.265 e. The molecule has 94 valence electrons. The molecule has 3 aromatic rings. The molecule has 2 aromatic heterocycles. The van der Waals surface area contributed by atoms with Crippen LogP contribution >= 0.6 is 11.3 Å². The van der Waals surface area contributed by atoms with Gasteiger partial charge in [-0.15, -0.1) is 11.3 Å². The first-order chi connectivity index (χ1) is 9.24. The first-order valence-electron chi connectivity index (χ1n) is 5.70. The largest absolute Gasteiger partial charge is 0.329 e. The Morgan fingerprint density at radius 1 is 1.21 bits per heavy atom. The number of pyridine rings is 1. The monoisotopic (exact) mass is 270 g/mol. The van der Waals surface area contributed by atoms with Crippen molar-refractivity contribution < 1.29 is 4.79 Å². The minimum atomic E-state index is -0.140. The third kappa shape index (κ3) is 2.28. The summed E-state index contributed by atoms with van der Waals surface area (Å²) in [6, 6.07) is 10.6. The number of benzene rings is 1. The minimum absolute atomic E-state index is 0.131. The number of hydrogen-bond donors (Lipinski definition) is 2. The topological polar surface area (TPSA) is 62.0 Å². The average Bonchev–Trinajstić information content (AvgIpc) is 2.93. The first kappa shape index (κ1) is 11.7. The number of hydrogen-bond acceptors (Lipinski definition) is 3. The molecule has 0 spiro atoms. The summed E-state index contributed by atoms with van der Waals surface area (Å²) in [5.41, 5.74) is 0.546. The lowest BCUT2D eigenvalue weighted by Gasteiger charge is -2.04. The molecule has 0 aliphatic heterocycles. The molecule has 0 unspecified atom stereocenters. The van der Waals surface area contributed by atoms with Gasteiger partial charge in [-0.2, -0.15) is 0 Å². The van der Waals surface area contributed by atoms with Crippen molar-refractivity contribution in [3.8, 4) is 0 Å². The summed E-state index contributed by atoms with van der Waals surface area (Å²) >= 11 is 1.39. The fraction of sp³-hybridized carbons (Fsp3) is 0. The normalized spacial score (nSPS) is 10.5. The number of aromatic nitrogens is 1. The number of anilines is 1. The summed E-state index contributed by atoms with van der Waals surface area (Å²) in [7, 11) is 0. The molecule has 0 bridgehead atoms. The van der Waals surface area contributed by atoms with Crippen molar-refractivity contribution in [2.75, 3.05) is 5.32 Å². The van der Waals surface area contributed by atoms with Gasteiger partial charge in [0.05, 0.1) is 4.88 Å². The van der Waals surface area contributed by atoms with Gasteiger partial charge in [0.15, 0.2) is 0 Å². The number of thiophene rings is 1. The highest BCUT2D eigenvalue weighted by Gasteiger charge is 2.07. The summed E-state index contributed by atoms with van der Waals surface area (Å²) in [6.45, 7) is 0. The molecule has 0 radical (unpaired) electrons. The Morgan fingerprint density at radius 3 is 2.89 bits per heavy atom. The highest BCUT2D eigenvalue weighted by atomic mass is 32.1. The number of amides is 1. The Kier molecular flexibility index (Phi) is 2.89. The van der Waals surface area contributed by atoms with Crippen LogP contribution in [0.1, 0.15) is 9.67 Å². The number of rotatable bonds is 2. The molecule has 1 amide bonds. The smallest absolute Gasteiger partial charge is 0.265 e. The van der Waals surface area contributed by atoms with Crippen LogP contribution in [0.25, 0.3) is 10.8 Å². The van der Waals surface area contributed by atoms with Crippen LogP contribution < -0.4 is 10.9 Å². The Morgan fingerprint density at radius 2 is 2.11 bits per heavy atom. The van der Waals surface area contributed by atoms with E-state index in [1.165, 1.54) is 11.3 Å². The second kappa shape index (κ2) is 4.70. The van der Waals surface area contributed by atoms with Gasteiger partial charge in [-0.05, 0) is 41.1 Å². The lowest BCUT2D eigenvalue weighted by Crippen LogP contribution is -2.10. The molecule has 1 aromatic carbocycles. The molecule has 19 heavy (non-hydrogen) atoms. The Balaban J connectivity index is 1.94. The lowest BCUT2D eigenvalue weighted by atomic mass is 10.1. The molecule has 0 saturated carbocycles. The predicted octanol–water partition coefficient (Wildman–Crippen LogP) is 2.84. The van der Waals surface area contributed by atoms with Gasteiger partial charge in [0.2, 0.25) is 0 Å². The zero-order valence-corrected chi connectivity index (χ0v) is 10.7. The van der Waals surface area contributed by atoms with Crippen LogP contribution in [-0.4, -0.2) is 10.9 Å². The van der Waals surface area contributed by atoms with Gasteiger partial charge in [0, 0.05) is 17.3 Å². The van der Waals surface area contributed by atoms with Crippen molar-refractivity contribution in [1.82, 2.24) is 4.98 Å². The first-order valence-corrected chi connectivity index (χ1v) is 6.58. The highest BCUT2D eigenvalue weighted by Crippen LogP contribution is 2.17. The van der Waals surface area contributed by atoms with Crippen LogP contribution in [-0.2, 0) is 0 Å². The average molecular weight is 270 g/mol. The predicted molar refractivity (Wildman–Crippen MR) is 76.8 cm³/mol. The molecule has 0 aliphatic rings. The van der Waals surface area contributed by atoms with E-state index < -0.39 is 0 Å². The molecule has 0 fully saturated rings. The van der Waals surface area contributed by atoms with E-state index in [0.717, 1.165) is 5.39 Å². The van der Waals surface area contributed by atoms with Crippen LogP contribution in [0.2, 0.25) is 0 Å². The zero-order chi connectivity index (χ0) is 13.2. The second-order valence-corrected chi connectivity index (χ2v) is 4.99. The maximum absolute atomic E-state index is 11.9. The van der Waals surface area contributed by atoms with Gasteiger partial charge in [-0.1, -0.05) is 6.07 Å². The van der Waals surface area contributed by atoms with E-state index in [1.54, 1.807) is 36.5 Å². The van der Waals surface area contributed by atoms with Crippen LogP contribution in [0, 0.1) is 0 Å². The van der Waals surface area contributed by atoms with Crippen molar-refractivity contribution in [1.29, 1.82) is 0 Å². The summed E-state index contributed by atoms with van der Waals surface area (Å²) < 4.78 is 0. The summed E-state index contributed by atoms with van der Waals surface area (Å²) in [5.74, 6) is -0.140. The zero-order valence-electron chi connectivity index (χ0n) is 9.84. The SMILES string of the molecule is O=C(Nc1ccc2c(=O)[nH]ccc2c1)c1cccs1. The lowest BCUT2D eigenvalue weighted by molar-refractivity contribution is 0.103. The molecule has 2 heterocycles. The molecule has 2 N–H and O–H groups in total. The Labute approximate surface area is 112 Å². The number of fused-ring (bicyclic) bond motifs is 1. The summed E-state index contributed by atoms with van der Waals surface area (Å²) in [6.07, 6.45) is 1.59. The van der Waals surface area contributed by atoms with E-state index in [2.05, 4.69) is 10.3 Å². The number of H-pyrrole nitrogens is 1. The van der Waals surface area contributed by atoms with Crippen LogP contribution in [0.3, 0.4) is 0 Å². The van der Waals surface area contributed by atoms with Crippen molar-refractivity contribution in [2.24, 2.45) is 0 Å². The van der Waals surface area contributed by atoms with E-state index >= 15 is 0 Å². The molecule has 3 rings (SSSR count). The van der Waals surface area contributed by atoms with Gasteiger partial charge in [-0.3, -0.25) is 9.59 Å². The number of aromatic amines is 1. The molecular weight excluding hydrogens is 260 g/mol. The summed E-state index contributed by atoms with van der Waals surface area (Å²) in [5, 5.41) is 6.08. The number of carbonyl (C=O) groups excluding carboxylic acids is 1. The quantitative estimate of drug-likeness (QED) is 0.752. The van der Waals surface area contributed by atoms with E-state index in [4.69, 9.17) is 0 Å². The van der Waals surface area contributed by atoms with Gasteiger partial charge in [0.25, 0.3) is 11.5 Å². The standard InChI is InChI=1S/C14H10N2O2S/c17-13-11-4-3-10(8-9(11)5-6-15-13)16-14(18)12-2-1-7-19-12/h1-8H,(H,15,17)(H,16,18). The van der Waals surface area contributed by atoms with E-state index in [1.807, 2.05) is 11.4 Å². The van der Waals surface area contributed by atoms with Crippen LogP contribution in [0.4, 0.5) is 5.69 Å². The fourth-order valence-electron chi connectivity index (χ4n) is 1.87. The second-order valence-electron chi connectivity index (χ2n) is 4.04. The van der Waals surface area contributed by atoms with Crippen molar-refractivity contribution in [3.05, 3.63) is 63.2 Å². The Bertz CT molecular complexity index is 791. The van der Waals surface area contributed by atoms with Gasteiger partial charge in [0.1, 0.15) is 0 Å². The molecule has 0 atom stereocenters. The third-order valence-electron chi connectivity index (χ3n) is 2.78. The van der Waals surface area contributed by atoms with Crippen molar-refractivity contribution in [2.45, 2.75) is 0 Å². The van der Waals surface area contributed by atoms with Crippen molar-refractivity contribution in [3.63, 3.8) is 0 Å². The highest BCUT2D eigenvalue weighted by molar-refractivity contribution is 7.12. The molecule has 0 saturated heterocycles. The number of nitrogens with one attached hydrogen (secondary N) is 2. The van der Waals surface area contributed by atoms with E-state index in [0.29, 0.717) is 16.0 Å². The van der Waals surface area contributed by atoms with E-state index in [9.17, 15) is 9.59 Å². The Hall–Kier alpha value is -2.40. The molecule has 5 heteroatoms. The van der Waals surface area contributed by atoms with Gasteiger partial charge < -0.3 is 10.3 Å². The van der Waals surface area contributed by atoms with Crippen molar-refractivity contribution >= 4 is 33.7 Å². The molecule has 4 nitrogen and oxygen atoms in total. The number of carbonyl (C=O) groups is 1. The third-order valence-corrected chi connectivity index (χ3v) is 3.64. The van der Waals surface area contributed by atoms with Crippen LogP contribution in [0.5, 0.6) is 0 Å². The minimum Gasteiger partial charge on any atom is -0.329 e. The molecule has 0 aliphatic carbocycles. The maximum atomic E-state index is 11.9. The van der Waals surface area contributed by atoms with Crippen LogP contribution in [0.15, 0.2) is 52.8 Å². The fourth-order valence-corrected chi connectivity index (χ4v) is 2.49. The van der Waals surface area contributed by atoms with Gasteiger partial charge >= 0.3 is 0 Å².